The van der Waals surface area contributed by atoms with Crippen molar-refractivity contribution < 1.29 is 4.74 Å². The van der Waals surface area contributed by atoms with Crippen LogP contribution in [0, 0.1) is 11.3 Å². The molecule has 2 fully saturated rings. The predicted octanol–water partition coefficient (Wildman–Crippen LogP) is 3.03. The van der Waals surface area contributed by atoms with Crippen LogP contribution in [0.4, 0.5) is 0 Å². The van der Waals surface area contributed by atoms with Gasteiger partial charge in [0.1, 0.15) is 0 Å². The van der Waals surface area contributed by atoms with E-state index in [4.69, 9.17) is 10.5 Å². The van der Waals surface area contributed by atoms with Gasteiger partial charge in [0.25, 0.3) is 0 Å². The lowest BCUT2D eigenvalue weighted by atomic mass is 9.76. The summed E-state index contributed by atoms with van der Waals surface area (Å²) >= 11 is 0. The zero-order valence-electron chi connectivity index (χ0n) is 13.8. The second-order valence-corrected chi connectivity index (χ2v) is 7.88. The summed E-state index contributed by atoms with van der Waals surface area (Å²) in [6.45, 7) is 12.0. The first kappa shape index (κ1) is 16.3. The van der Waals surface area contributed by atoms with Crippen LogP contribution in [-0.4, -0.2) is 43.3 Å². The van der Waals surface area contributed by atoms with E-state index in [0.29, 0.717) is 5.41 Å². The van der Waals surface area contributed by atoms with Gasteiger partial charge in [0.05, 0.1) is 6.61 Å². The molecule has 20 heavy (non-hydrogen) atoms. The minimum Gasteiger partial charge on any atom is -0.380 e. The molecular weight excluding hydrogens is 248 g/mol. The predicted molar refractivity (Wildman–Crippen MR) is 84.8 cm³/mol. The molecule has 3 heteroatoms. The lowest BCUT2D eigenvalue weighted by Crippen LogP contribution is -2.54. The van der Waals surface area contributed by atoms with Gasteiger partial charge in [-0.3, -0.25) is 4.90 Å². The summed E-state index contributed by atoms with van der Waals surface area (Å²) in [5, 5.41) is 0. The summed E-state index contributed by atoms with van der Waals surface area (Å²) < 4.78 is 5.63. The van der Waals surface area contributed by atoms with E-state index in [1.165, 1.54) is 32.1 Å². The van der Waals surface area contributed by atoms with Gasteiger partial charge >= 0.3 is 0 Å². The highest BCUT2D eigenvalue weighted by atomic mass is 16.5. The van der Waals surface area contributed by atoms with Crippen molar-refractivity contribution in [3.05, 3.63) is 0 Å². The number of nitrogens with two attached hydrogens (primary N) is 1. The quantitative estimate of drug-likeness (QED) is 0.791. The van der Waals surface area contributed by atoms with Crippen molar-refractivity contribution in [3.8, 4) is 0 Å². The number of hydrogen-bond acceptors (Lipinski definition) is 3. The first-order valence-corrected chi connectivity index (χ1v) is 8.51. The van der Waals surface area contributed by atoms with Crippen LogP contribution < -0.4 is 5.73 Å². The van der Waals surface area contributed by atoms with Gasteiger partial charge in [0, 0.05) is 31.8 Å². The molecule has 2 unspecified atom stereocenters. The molecule has 1 heterocycles. The van der Waals surface area contributed by atoms with Gasteiger partial charge in [-0.1, -0.05) is 27.2 Å². The SMILES string of the molecule is CC(C)(C)C1CCCC(CN)(N2CCCOCC2)CC1. The fraction of sp³-hybridized carbons (Fsp3) is 1.00. The van der Waals surface area contributed by atoms with E-state index >= 15 is 0 Å². The van der Waals surface area contributed by atoms with Crippen molar-refractivity contribution in [1.82, 2.24) is 4.90 Å². The first-order valence-electron chi connectivity index (χ1n) is 8.51. The van der Waals surface area contributed by atoms with Crippen LogP contribution in [0.15, 0.2) is 0 Å². The molecule has 0 aromatic rings. The van der Waals surface area contributed by atoms with E-state index in [0.717, 1.165) is 45.2 Å². The highest BCUT2D eigenvalue weighted by molar-refractivity contribution is 4.96. The minimum atomic E-state index is 0.244. The Bertz CT molecular complexity index is 292. The topological polar surface area (TPSA) is 38.5 Å². The Morgan fingerprint density at radius 1 is 1.10 bits per heavy atom. The smallest absolute Gasteiger partial charge is 0.0593 e. The summed E-state index contributed by atoms with van der Waals surface area (Å²) in [7, 11) is 0. The molecule has 2 rings (SSSR count). The molecule has 118 valence electrons. The normalized spacial score (nSPS) is 34.5. The van der Waals surface area contributed by atoms with E-state index in [1.807, 2.05) is 0 Å². The maximum Gasteiger partial charge on any atom is 0.0593 e. The van der Waals surface area contributed by atoms with Gasteiger partial charge in [0.2, 0.25) is 0 Å². The molecule has 0 radical (unpaired) electrons. The van der Waals surface area contributed by atoms with Crippen molar-refractivity contribution in [2.45, 2.75) is 64.8 Å². The zero-order chi connectivity index (χ0) is 14.6. The average Bonchev–Trinajstić information content (AvgIpc) is 2.79. The van der Waals surface area contributed by atoms with Crippen molar-refractivity contribution >= 4 is 0 Å². The van der Waals surface area contributed by atoms with Gasteiger partial charge in [0.15, 0.2) is 0 Å². The van der Waals surface area contributed by atoms with Crippen LogP contribution in [0.25, 0.3) is 0 Å². The van der Waals surface area contributed by atoms with E-state index < -0.39 is 0 Å². The van der Waals surface area contributed by atoms with Crippen molar-refractivity contribution in [2.24, 2.45) is 17.1 Å². The Labute approximate surface area is 125 Å². The molecule has 1 saturated heterocycles. The summed E-state index contributed by atoms with van der Waals surface area (Å²) in [5.41, 5.74) is 6.94. The molecule has 0 bridgehead atoms. The Balaban J connectivity index is 2.06. The second kappa shape index (κ2) is 6.76. The molecule has 0 amide bonds. The Morgan fingerprint density at radius 2 is 1.90 bits per heavy atom. The Hall–Kier alpha value is -0.120. The van der Waals surface area contributed by atoms with Gasteiger partial charge in [-0.2, -0.15) is 0 Å². The van der Waals surface area contributed by atoms with Gasteiger partial charge in [-0.15, -0.1) is 0 Å². The van der Waals surface area contributed by atoms with Crippen LogP contribution in [-0.2, 0) is 4.74 Å². The van der Waals surface area contributed by atoms with Gasteiger partial charge in [-0.25, -0.2) is 0 Å². The molecule has 3 nitrogen and oxygen atoms in total. The zero-order valence-corrected chi connectivity index (χ0v) is 13.8. The summed E-state index contributed by atoms with van der Waals surface area (Å²) in [6.07, 6.45) is 7.73. The molecule has 2 aliphatic rings. The Morgan fingerprint density at radius 3 is 2.60 bits per heavy atom. The van der Waals surface area contributed by atoms with Gasteiger partial charge < -0.3 is 10.5 Å². The maximum atomic E-state index is 6.26. The highest BCUT2D eigenvalue weighted by Gasteiger charge is 2.39. The number of ether oxygens (including phenoxy) is 1. The molecule has 0 spiro atoms. The van der Waals surface area contributed by atoms with Crippen LogP contribution >= 0.6 is 0 Å². The third-order valence-electron chi connectivity index (χ3n) is 5.65. The second-order valence-electron chi connectivity index (χ2n) is 7.88. The van der Waals surface area contributed by atoms with Crippen LogP contribution in [0.3, 0.4) is 0 Å². The summed E-state index contributed by atoms with van der Waals surface area (Å²) in [6, 6.07) is 0. The summed E-state index contributed by atoms with van der Waals surface area (Å²) in [5.74, 6) is 0.846. The number of hydrogen-bond donors (Lipinski definition) is 1. The third kappa shape index (κ3) is 3.75. The standard InChI is InChI=1S/C17H34N2O/c1-16(2,3)15-6-4-8-17(14-18,9-7-15)19-10-5-12-20-13-11-19/h15H,4-14,18H2,1-3H3. The number of rotatable bonds is 2. The molecule has 1 saturated carbocycles. The fourth-order valence-electron chi connectivity index (χ4n) is 4.13. The van der Waals surface area contributed by atoms with Gasteiger partial charge in [-0.05, 0) is 43.4 Å². The molecule has 2 atom stereocenters. The lowest BCUT2D eigenvalue weighted by molar-refractivity contribution is 0.0669. The minimum absolute atomic E-state index is 0.244. The third-order valence-corrected chi connectivity index (χ3v) is 5.65. The molecule has 1 aliphatic heterocycles. The Kier molecular flexibility index (Phi) is 5.49. The molecule has 1 aliphatic carbocycles. The van der Waals surface area contributed by atoms with Crippen LogP contribution in [0.5, 0.6) is 0 Å². The van der Waals surface area contributed by atoms with E-state index in [2.05, 4.69) is 25.7 Å². The molecule has 0 aromatic carbocycles. The largest absolute Gasteiger partial charge is 0.380 e. The van der Waals surface area contributed by atoms with Crippen molar-refractivity contribution in [2.75, 3.05) is 32.8 Å². The van der Waals surface area contributed by atoms with E-state index in [1.54, 1.807) is 0 Å². The first-order chi connectivity index (χ1) is 9.48. The fourth-order valence-corrected chi connectivity index (χ4v) is 4.13. The monoisotopic (exact) mass is 282 g/mol. The van der Waals surface area contributed by atoms with Crippen LogP contribution in [0.1, 0.15) is 59.3 Å². The lowest BCUT2D eigenvalue weighted by Gasteiger charge is -2.43. The number of nitrogens with zero attached hydrogens (tertiary/aromatic N) is 1. The highest BCUT2D eigenvalue weighted by Crippen LogP contribution is 2.41. The van der Waals surface area contributed by atoms with E-state index in [-0.39, 0.29) is 5.54 Å². The van der Waals surface area contributed by atoms with Crippen LogP contribution in [0.2, 0.25) is 0 Å². The van der Waals surface area contributed by atoms with Crippen molar-refractivity contribution in [1.29, 1.82) is 0 Å². The van der Waals surface area contributed by atoms with Crippen molar-refractivity contribution in [3.63, 3.8) is 0 Å². The molecule has 2 N–H and O–H groups in total. The van der Waals surface area contributed by atoms with E-state index in [9.17, 15) is 0 Å². The maximum absolute atomic E-state index is 6.26. The summed E-state index contributed by atoms with van der Waals surface area (Å²) in [4.78, 5) is 2.66. The molecular formula is C17H34N2O. The average molecular weight is 282 g/mol. The molecule has 0 aromatic heterocycles.